The van der Waals surface area contributed by atoms with Crippen LogP contribution in [0.4, 0.5) is 17.1 Å². The van der Waals surface area contributed by atoms with Crippen LogP contribution in [0.15, 0.2) is 70.9 Å². The number of hydrogen-bond donors (Lipinski definition) is 1. The summed E-state index contributed by atoms with van der Waals surface area (Å²) >= 11 is 0. The van der Waals surface area contributed by atoms with Gasteiger partial charge in [-0.3, -0.25) is 0 Å². The van der Waals surface area contributed by atoms with Gasteiger partial charge in [-0.25, -0.2) is 4.79 Å². The van der Waals surface area contributed by atoms with E-state index in [9.17, 15) is 4.79 Å². The lowest BCUT2D eigenvalue weighted by Gasteiger charge is -2.04. The van der Waals surface area contributed by atoms with Gasteiger partial charge in [0.05, 0.1) is 23.5 Å². The molecule has 2 N–H and O–H groups in total. The fourth-order valence-corrected chi connectivity index (χ4v) is 2.38. The molecule has 0 aromatic heterocycles. The molecular weight excluding hydrogens is 302 g/mol. The molecule has 3 aromatic rings. The number of esters is 1. The molecule has 0 radical (unpaired) electrons. The Morgan fingerprint density at radius 2 is 1.67 bits per heavy atom. The second kappa shape index (κ2) is 6.91. The zero-order valence-corrected chi connectivity index (χ0v) is 13.3. The molecule has 0 fully saturated rings. The highest BCUT2D eigenvalue weighted by Crippen LogP contribution is 2.31. The van der Waals surface area contributed by atoms with Crippen LogP contribution in [0, 0.1) is 0 Å². The fraction of sp³-hybridized carbons (Fsp3) is 0.105. The van der Waals surface area contributed by atoms with Gasteiger partial charge in [-0.2, -0.15) is 5.11 Å². The second-order valence-corrected chi connectivity index (χ2v) is 5.19. The van der Waals surface area contributed by atoms with Gasteiger partial charge >= 0.3 is 5.97 Å². The molecule has 0 amide bonds. The summed E-state index contributed by atoms with van der Waals surface area (Å²) in [7, 11) is 0. The lowest BCUT2D eigenvalue weighted by Crippen LogP contribution is -2.03. The van der Waals surface area contributed by atoms with Crippen LogP contribution in [0.2, 0.25) is 0 Å². The summed E-state index contributed by atoms with van der Waals surface area (Å²) in [5.41, 5.74) is 8.59. The van der Waals surface area contributed by atoms with Crippen LogP contribution in [0.1, 0.15) is 17.3 Å². The smallest absolute Gasteiger partial charge is 0.338 e. The number of rotatable bonds is 4. The fourth-order valence-electron chi connectivity index (χ4n) is 2.38. The predicted octanol–water partition coefficient (Wildman–Crippen LogP) is 5.01. The average Bonchev–Trinajstić information content (AvgIpc) is 2.62. The van der Waals surface area contributed by atoms with Crippen LogP contribution in [0.25, 0.3) is 10.8 Å². The molecule has 24 heavy (non-hydrogen) atoms. The van der Waals surface area contributed by atoms with E-state index in [1.54, 1.807) is 31.2 Å². The maximum absolute atomic E-state index is 11.6. The molecule has 3 aromatic carbocycles. The van der Waals surface area contributed by atoms with Gasteiger partial charge in [0.1, 0.15) is 0 Å². The van der Waals surface area contributed by atoms with E-state index in [1.807, 2.05) is 36.4 Å². The molecule has 3 rings (SSSR count). The second-order valence-electron chi connectivity index (χ2n) is 5.19. The van der Waals surface area contributed by atoms with Crippen LogP contribution < -0.4 is 5.73 Å². The molecule has 5 heteroatoms. The zero-order valence-electron chi connectivity index (χ0n) is 13.3. The van der Waals surface area contributed by atoms with E-state index in [0.717, 1.165) is 16.5 Å². The molecule has 0 spiro atoms. The van der Waals surface area contributed by atoms with Crippen molar-refractivity contribution < 1.29 is 9.53 Å². The Morgan fingerprint density at radius 1 is 0.958 bits per heavy atom. The van der Waals surface area contributed by atoms with Crippen LogP contribution >= 0.6 is 0 Å². The summed E-state index contributed by atoms with van der Waals surface area (Å²) in [6.07, 6.45) is 0. The van der Waals surface area contributed by atoms with Crippen LogP contribution in [-0.4, -0.2) is 12.6 Å². The quantitative estimate of drug-likeness (QED) is 0.417. The molecule has 0 unspecified atom stereocenters. The largest absolute Gasteiger partial charge is 0.462 e. The highest BCUT2D eigenvalue weighted by atomic mass is 16.5. The first-order valence-corrected chi connectivity index (χ1v) is 7.65. The molecular formula is C19H17N3O2. The summed E-state index contributed by atoms with van der Waals surface area (Å²) in [5.74, 6) is -0.342. The Morgan fingerprint density at radius 3 is 2.38 bits per heavy atom. The number of nitrogens with zero attached hydrogens (tertiary/aromatic N) is 2. The molecule has 0 aliphatic carbocycles. The summed E-state index contributed by atoms with van der Waals surface area (Å²) in [4.78, 5) is 11.6. The molecule has 0 bridgehead atoms. The Hall–Kier alpha value is -3.21. The molecule has 0 saturated carbocycles. The summed E-state index contributed by atoms with van der Waals surface area (Å²) in [6.45, 7) is 2.13. The van der Waals surface area contributed by atoms with Gasteiger partial charge in [-0.15, -0.1) is 5.11 Å². The monoisotopic (exact) mass is 319 g/mol. The van der Waals surface area contributed by atoms with Gasteiger partial charge in [0, 0.05) is 16.5 Å². The van der Waals surface area contributed by atoms with Crippen molar-refractivity contribution >= 4 is 33.8 Å². The van der Waals surface area contributed by atoms with Crippen LogP contribution in [-0.2, 0) is 4.74 Å². The minimum absolute atomic E-state index is 0.342. The number of azo groups is 1. The number of anilines is 1. The average molecular weight is 319 g/mol. The van der Waals surface area contributed by atoms with Gasteiger partial charge in [0.2, 0.25) is 0 Å². The topological polar surface area (TPSA) is 77.0 Å². The summed E-state index contributed by atoms with van der Waals surface area (Å²) in [6, 6.07) is 18.3. The van der Waals surface area contributed by atoms with Gasteiger partial charge < -0.3 is 10.5 Å². The van der Waals surface area contributed by atoms with E-state index in [0.29, 0.717) is 23.5 Å². The maximum Gasteiger partial charge on any atom is 0.338 e. The maximum atomic E-state index is 11.6. The number of nitrogens with two attached hydrogens (primary N) is 1. The van der Waals surface area contributed by atoms with E-state index in [4.69, 9.17) is 10.5 Å². The predicted molar refractivity (Wildman–Crippen MR) is 94.9 cm³/mol. The number of ether oxygens (including phenoxy) is 1. The molecule has 0 heterocycles. The minimum atomic E-state index is -0.342. The highest BCUT2D eigenvalue weighted by Gasteiger charge is 2.06. The number of benzene rings is 3. The zero-order chi connectivity index (χ0) is 16.9. The number of hydrogen-bond acceptors (Lipinski definition) is 5. The SMILES string of the molecule is CCOC(=O)c1ccc(N=Nc2ccc(N)c3ccccc23)cc1. The first kappa shape index (κ1) is 15.7. The van der Waals surface area contributed by atoms with Gasteiger partial charge in [0.25, 0.3) is 0 Å². The van der Waals surface area contributed by atoms with Crippen molar-refractivity contribution in [2.24, 2.45) is 10.2 Å². The Balaban J connectivity index is 1.86. The van der Waals surface area contributed by atoms with Crippen LogP contribution in [0.3, 0.4) is 0 Å². The lowest BCUT2D eigenvalue weighted by molar-refractivity contribution is 0.0526. The van der Waals surface area contributed by atoms with Crippen LogP contribution in [0.5, 0.6) is 0 Å². The molecule has 0 saturated heterocycles. The highest BCUT2D eigenvalue weighted by molar-refractivity contribution is 6.00. The third-order valence-electron chi connectivity index (χ3n) is 3.59. The Kier molecular flexibility index (Phi) is 4.52. The third kappa shape index (κ3) is 3.25. The van der Waals surface area contributed by atoms with E-state index in [-0.39, 0.29) is 5.97 Å². The van der Waals surface area contributed by atoms with Crippen molar-refractivity contribution in [1.29, 1.82) is 0 Å². The van der Waals surface area contributed by atoms with Gasteiger partial charge in [-0.1, -0.05) is 24.3 Å². The number of carbonyl (C=O) groups is 1. The lowest BCUT2D eigenvalue weighted by atomic mass is 10.1. The third-order valence-corrected chi connectivity index (χ3v) is 3.59. The van der Waals surface area contributed by atoms with E-state index in [2.05, 4.69) is 10.2 Å². The van der Waals surface area contributed by atoms with Crippen molar-refractivity contribution in [3.05, 3.63) is 66.2 Å². The minimum Gasteiger partial charge on any atom is -0.462 e. The van der Waals surface area contributed by atoms with Crippen molar-refractivity contribution in [2.45, 2.75) is 6.92 Å². The number of carbonyl (C=O) groups excluding carboxylic acids is 1. The van der Waals surface area contributed by atoms with Gasteiger partial charge in [0.15, 0.2) is 0 Å². The standard InChI is InChI=1S/C19H17N3O2/c1-2-24-19(23)13-7-9-14(10-8-13)21-22-18-12-11-17(20)15-5-3-4-6-16(15)18/h3-12H,2,20H2,1H3. The van der Waals surface area contributed by atoms with E-state index < -0.39 is 0 Å². The first-order valence-electron chi connectivity index (χ1n) is 7.65. The first-order chi connectivity index (χ1) is 11.7. The number of fused-ring (bicyclic) bond motifs is 1. The molecule has 0 atom stereocenters. The normalized spacial score (nSPS) is 11.0. The van der Waals surface area contributed by atoms with E-state index >= 15 is 0 Å². The molecule has 0 aliphatic rings. The molecule has 0 aliphatic heterocycles. The van der Waals surface area contributed by atoms with Gasteiger partial charge in [-0.05, 0) is 43.3 Å². The number of nitrogen functional groups attached to an aromatic ring is 1. The molecule has 120 valence electrons. The Labute approximate surface area is 139 Å². The Bertz CT molecular complexity index is 902. The van der Waals surface area contributed by atoms with Crippen molar-refractivity contribution in [2.75, 3.05) is 12.3 Å². The van der Waals surface area contributed by atoms with E-state index in [1.165, 1.54) is 0 Å². The van der Waals surface area contributed by atoms with Crippen molar-refractivity contribution in [3.63, 3.8) is 0 Å². The van der Waals surface area contributed by atoms with Crippen molar-refractivity contribution in [1.82, 2.24) is 0 Å². The summed E-state index contributed by atoms with van der Waals surface area (Å²) in [5, 5.41) is 10.4. The van der Waals surface area contributed by atoms with Crippen molar-refractivity contribution in [3.8, 4) is 0 Å². The summed E-state index contributed by atoms with van der Waals surface area (Å²) < 4.78 is 4.95. The molecule has 5 nitrogen and oxygen atoms in total.